The molecule has 0 aliphatic rings. The van der Waals surface area contributed by atoms with E-state index in [1.54, 1.807) is 0 Å². The third-order valence-corrected chi connectivity index (χ3v) is 4.44. The van der Waals surface area contributed by atoms with Crippen molar-refractivity contribution in [3.63, 3.8) is 0 Å². The highest BCUT2D eigenvalue weighted by Gasteiger charge is 2.02. The van der Waals surface area contributed by atoms with Crippen molar-refractivity contribution in [2.24, 2.45) is 0 Å². The van der Waals surface area contributed by atoms with Crippen LogP contribution >= 0.6 is 0 Å². The highest BCUT2D eigenvalue weighted by molar-refractivity contribution is 5.46. The lowest BCUT2D eigenvalue weighted by Crippen LogP contribution is -2.12. The second-order valence-corrected chi connectivity index (χ2v) is 6.60. The van der Waals surface area contributed by atoms with Crippen LogP contribution in [0.2, 0.25) is 0 Å². The molecular weight excluding hydrogens is 334 g/mol. The summed E-state index contributed by atoms with van der Waals surface area (Å²) in [6, 6.07) is 24.7. The molecular formula is C24H27NO2. The largest absolute Gasteiger partial charge is 0.493 e. The smallest absolute Gasteiger partial charge is 0.125 e. The lowest BCUT2D eigenvalue weighted by molar-refractivity contribution is 0.322. The van der Waals surface area contributed by atoms with Gasteiger partial charge in [-0.25, -0.2) is 0 Å². The van der Waals surface area contributed by atoms with E-state index in [2.05, 4.69) is 61.6 Å². The molecule has 0 fully saturated rings. The molecule has 0 radical (unpaired) electrons. The average Bonchev–Trinajstić information content (AvgIpc) is 2.69. The van der Waals surface area contributed by atoms with E-state index in [4.69, 9.17) is 9.47 Å². The van der Waals surface area contributed by atoms with E-state index in [0.717, 1.165) is 30.2 Å². The Bertz CT molecular complexity index is 809. The zero-order valence-corrected chi connectivity index (χ0v) is 16.1. The molecule has 0 amide bonds. The third-order valence-electron chi connectivity index (χ3n) is 4.44. The van der Waals surface area contributed by atoms with E-state index in [1.807, 2.05) is 30.3 Å². The van der Waals surface area contributed by atoms with E-state index in [1.165, 1.54) is 16.7 Å². The Morgan fingerprint density at radius 3 is 2.11 bits per heavy atom. The van der Waals surface area contributed by atoms with Crippen molar-refractivity contribution in [1.29, 1.82) is 0 Å². The second kappa shape index (κ2) is 9.67. The fourth-order valence-electron chi connectivity index (χ4n) is 2.98. The number of anilines is 1. The van der Waals surface area contributed by atoms with Crippen LogP contribution in [0.5, 0.6) is 11.5 Å². The Labute approximate surface area is 162 Å². The Morgan fingerprint density at radius 2 is 1.41 bits per heavy atom. The van der Waals surface area contributed by atoms with Crippen LogP contribution < -0.4 is 14.8 Å². The summed E-state index contributed by atoms with van der Waals surface area (Å²) in [5, 5.41) is 3.38. The molecule has 3 nitrogen and oxygen atoms in total. The monoisotopic (exact) mass is 361 g/mol. The number of hydrogen-bond acceptors (Lipinski definition) is 3. The fraction of sp³-hybridized carbons (Fsp3) is 0.250. The number of benzene rings is 3. The molecule has 27 heavy (non-hydrogen) atoms. The zero-order chi connectivity index (χ0) is 18.9. The van der Waals surface area contributed by atoms with Gasteiger partial charge in [-0.1, -0.05) is 48.5 Å². The highest BCUT2D eigenvalue weighted by atomic mass is 16.5. The molecule has 0 aliphatic heterocycles. The van der Waals surface area contributed by atoms with E-state index in [-0.39, 0.29) is 0 Å². The average molecular weight is 361 g/mol. The van der Waals surface area contributed by atoms with Crippen LogP contribution in [0.4, 0.5) is 5.69 Å². The molecule has 0 atom stereocenters. The van der Waals surface area contributed by atoms with Crippen molar-refractivity contribution in [3.8, 4) is 11.5 Å². The van der Waals surface area contributed by atoms with E-state index >= 15 is 0 Å². The first-order chi connectivity index (χ1) is 13.2. The number of rotatable bonds is 9. The quantitative estimate of drug-likeness (QED) is 0.517. The molecule has 0 spiro atoms. The lowest BCUT2D eigenvalue weighted by atomic mass is 10.1. The summed E-state index contributed by atoms with van der Waals surface area (Å²) in [6.07, 6.45) is 0.913. The predicted octanol–water partition coefficient (Wildman–Crippen LogP) is 5.42. The van der Waals surface area contributed by atoms with Gasteiger partial charge in [-0.05, 0) is 54.8 Å². The van der Waals surface area contributed by atoms with Gasteiger partial charge in [0.15, 0.2) is 0 Å². The number of aryl methyl sites for hydroxylation is 2. The zero-order valence-electron chi connectivity index (χ0n) is 16.1. The summed E-state index contributed by atoms with van der Waals surface area (Å²) >= 11 is 0. The first-order valence-corrected chi connectivity index (χ1v) is 9.42. The fourth-order valence-corrected chi connectivity index (χ4v) is 2.98. The van der Waals surface area contributed by atoms with Crippen molar-refractivity contribution in [1.82, 2.24) is 0 Å². The Morgan fingerprint density at radius 1 is 0.704 bits per heavy atom. The summed E-state index contributed by atoms with van der Waals surface area (Å²) in [5.74, 6) is 1.88. The van der Waals surface area contributed by atoms with Gasteiger partial charge >= 0.3 is 0 Å². The third kappa shape index (κ3) is 5.78. The Balaban J connectivity index is 1.39. The topological polar surface area (TPSA) is 30.5 Å². The lowest BCUT2D eigenvalue weighted by Gasteiger charge is -2.13. The first-order valence-electron chi connectivity index (χ1n) is 9.42. The molecule has 3 aromatic carbocycles. The van der Waals surface area contributed by atoms with Gasteiger partial charge in [0.25, 0.3) is 0 Å². The molecule has 0 saturated heterocycles. The molecule has 0 bridgehead atoms. The van der Waals surface area contributed by atoms with Crippen LogP contribution in [-0.4, -0.2) is 19.8 Å². The minimum Gasteiger partial charge on any atom is -0.493 e. The number of ether oxygens (including phenoxy) is 2. The van der Waals surface area contributed by atoms with Gasteiger partial charge < -0.3 is 14.8 Å². The minimum absolute atomic E-state index is 0.626. The Kier molecular flexibility index (Phi) is 6.75. The van der Waals surface area contributed by atoms with Gasteiger partial charge in [0, 0.05) is 18.7 Å². The molecule has 140 valence electrons. The molecule has 0 saturated carbocycles. The summed E-state index contributed by atoms with van der Waals surface area (Å²) in [7, 11) is 0. The summed E-state index contributed by atoms with van der Waals surface area (Å²) < 4.78 is 11.7. The van der Waals surface area contributed by atoms with Crippen LogP contribution in [0, 0.1) is 13.8 Å². The van der Waals surface area contributed by atoms with Crippen LogP contribution in [0.3, 0.4) is 0 Å². The van der Waals surface area contributed by atoms with Gasteiger partial charge in [-0.3, -0.25) is 0 Å². The Hall–Kier alpha value is -2.94. The van der Waals surface area contributed by atoms with Crippen LogP contribution in [0.15, 0.2) is 72.8 Å². The van der Waals surface area contributed by atoms with Gasteiger partial charge in [0.05, 0.1) is 6.61 Å². The standard InChI is InChI=1S/C24H27NO2/c1-19-7-6-8-20(2)24(19)27-18-16-25-22-11-13-23(14-12-22)26-17-15-21-9-4-3-5-10-21/h3-14,25H,15-18H2,1-2H3. The van der Waals surface area contributed by atoms with Gasteiger partial charge in [-0.2, -0.15) is 0 Å². The minimum atomic E-state index is 0.626. The predicted molar refractivity (Wildman–Crippen MR) is 112 cm³/mol. The maximum absolute atomic E-state index is 5.92. The van der Waals surface area contributed by atoms with E-state index < -0.39 is 0 Å². The van der Waals surface area contributed by atoms with Crippen molar-refractivity contribution in [2.75, 3.05) is 25.1 Å². The van der Waals surface area contributed by atoms with Gasteiger partial charge in [0.1, 0.15) is 18.1 Å². The molecule has 0 heterocycles. The molecule has 1 N–H and O–H groups in total. The SMILES string of the molecule is Cc1cccc(C)c1OCCNc1ccc(OCCc2ccccc2)cc1. The van der Waals surface area contributed by atoms with E-state index in [0.29, 0.717) is 13.2 Å². The number of para-hydroxylation sites is 1. The second-order valence-electron chi connectivity index (χ2n) is 6.60. The van der Waals surface area contributed by atoms with Gasteiger partial charge in [0.2, 0.25) is 0 Å². The van der Waals surface area contributed by atoms with Crippen molar-refractivity contribution in [3.05, 3.63) is 89.5 Å². The molecule has 0 unspecified atom stereocenters. The summed E-state index contributed by atoms with van der Waals surface area (Å²) in [5.41, 5.74) is 4.70. The molecule has 3 aromatic rings. The van der Waals surface area contributed by atoms with Crippen molar-refractivity contribution >= 4 is 5.69 Å². The summed E-state index contributed by atoms with van der Waals surface area (Å²) in [6.45, 7) is 6.21. The molecule has 3 rings (SSSR count). The molecule has 3 heteroatoms. The normalized spacial score (nSPS) is 10.4. The maximum Gasteiger partial charge on any atom is 0.125 e. The number of hydrogen-bond donors (Lipinski definition) is 1. The van der Waals surface area contributed by atoms with Crippen LogP contribution in [0.1, 0.15) is 16.7 Å². The van der Waals surface area contributed by atoms with Crippen molar-refractivity contribution < 1.29 is 9.47 Å². The van der Waals surface area contributed by atoms with Crippen LogP contribution in [0.25, 0.3) is 0 Å². The summed E-state index contributed by atoms with van der Waals surface area (Å²) in [4.78, 5) is 0. The maximum atomic E-state index is 5.92. The number of nitrogens with one attached hydrogen (secondary N) is 1. The van der Waals surface area contributed by atoms with Crippen LogP contribution in [-0.2, 0) is 6.42 Å². The van der Waals surface area contributed by atoms with Crippen molar-refractivity contribution in [2.45, 2.75) is 20.3 Å². The molecule has 0 aliphatic carbocycles. The van der Waals surface area contributed by atoms with Gasteiger partial charge in [-0.15, -0.1) is 0 Å². The highest BCUT2D eigenvalue weighted by Crippen LogP contribution is 2.22. The molecule has 0 aromatic heterocycles. The first kappa shape index (κ1) is 18.8. The van der Waals surface area contributed by atoms with E-state index in [9.17, 15) is 0 Å².